The zero-order valence-electron chi connectivity index (χ0n) is 10.5. The highest BCUT2D eigenvalue weighted by atomic mass is 16.5. The van der Waals surface area contributed by atoms with Crippen LogP contribution in [0.15, 0.2) is 0 Å². The summed E-state index contributed by atoms with van der Waals surface area (Å²) in [4.78, 5) is 2.38. The second-order valence-electron chi connectivity index (χ2n) is 5.39. The van der Waals surface area contributed by atoms with Crippen molar-refractivity contribution in [2.75, 3.05) is 39.5 Å². The minimum Gasteiger partial charge on any atom is -0.396 e. The average Bonchev–Trinajstić information content (AvgIpc) is 2.28. The zero-order valence-corrected chi connectivity index (χ0v) is 10.5. The molecule has 4 heteroatoms. The van der Waals surface area contributed by atoms with Gasteiger partial charge < -0.3 is 19.8 Å². The third-order valence-corrected chi connectivity index (χ3v) is 3.06. The van der Waals surface area contributed by atoms with E-state index in [1.165, 1.54) is 0 Å². The van der Waals surface area contributed by atoms with Gasteiger partial charge in [-0.2, -0.15) is 0 Å². The van der Waals surface area contributed by atoms with Gasteiger partial charge in [-0.1, -0.05) is 13.8 Å². The highest BCUT2D eigenvalue weighted by Gasteiger charge is 2.25. The molecule has 0 aliphatic carbocycles. The van der Waals surface area contributed by atoms with Crippen molar-refractivity contribution in [3.8, 4) is 0 Å². The number of rotatable bonds is 6. The molecule has 4 nitrogen and oxygen atoms in total. The topological polar surface area (TPSA) is 52.9 Å². The van der Waals surface area contributed by atoms with Crippen molar-refractivity contribution in [1.82, 2.24) is 4.90 Å². The van der Waals surface area contributed by atoms with E-state index in [0.29, 0.717) is 12.7 Å². The lowest BCUT2D eigenvalue weighted by Crippen LogP contribution is -2.43. The molecule has 1 saturated heterocycles. The maximum Gasteiger partial charge on any atom is 0.0701 e. The Labute approximate surface area is 98.2 Å². The van der Waals surface area contributed by atoms with Crippen LogP contribution < -0.4 is 0 Å². The van der Waals surface area contributed by atoms with Gasteiger partial charge in [0.15, 0.2) is 0 Å². The molecule has 0 spiro atoms. The van der Waals surface area contributed by atoms with E-state index in [9.17, 15) is 5.11 Å². The monoisotopic (exact) mass is 231 g/mol. The Morgan fingerprint density at radius 2 is 1.88 bits per heavy atom. The standard InChI is InChI=1S/C12H25NO3/c1-12(2,10-15)9-13-5-3-11(4-6-13)16-8-7-14/h11,14-15H,3-10H2,1-2H3. The summed E-state index contributed by atoms with van der Waals surface area (Å²) in [6, 6.07) is 0. The van der Waals surface area contributed by atoms with Crippen molar-refractivity contribution >= 4 is 0 Å². The van der Waals surface area contributed by atoms with E-state index in [4.69, 9.17) is 9.84 Å². The Balaban J connectivity index is 2.21. The van der Waals surface area contributed by atoms with Crippen molar-refractivity contribution < 1.29 is 14.9 Å². The van der Waals surface area contributed by atoms with E-state index in [1.54, 1.807) is 0 Å². The van der Waals surface area contributed by atoms with Crippen LogP contribution >= 0.6 is 0 Å². The number of nitrogens with zero attached hydrogens (tertiary/aromatic N) is 1. The number of aliphatic hydroxyl groups excluding tert-OH is 2. The largest absolute Gasteiger partial charge is 0.396 e. The molecule has 0 atom stereocenters. The van der Waals surface area contributed by atoms with E-state index in [0.717, 1.165) is 32.5 Å². The van der Waals surface area contributed by atoms with Crippen molar-refractivity contribution in [3.05, 3.63) is 0 Å². The minimum absolute atomic E-state index is 0.0151. The molecule has 0 radical (unpaired) electrons. The van der Waals surface area contributed by atoms with Gasteiger partial charge in [0.05, 0.1) is 19.3 Å². The lowest BCUT2D eigenvalue weighted by atomic mass is 9.93. The fourth-order valence-corrected chi connectivity index (χ4v) is 2.11. The van der Waals surface area contributed by atoms with Gasteiger partial charge in [0.25, 0.3) is 0 Å². The summed E-state index contributed by atoms with van der Waals surface area (Å²) >= 11 is 0. The normalized spacial score (nSPS) is 20.2. The SMILES string of the molecule is CC(C)(CO)CN1CCC(OCCO)CC1. The summed E-state index contributed by atoms with van der Waals surface area (Å²) in [5, 5.41) is 17.9. The quantitative estimate of drug-likeness (QED) is 0.698. The van der Waals surface area contributed by atoms with Crippen LogP contribution in [-0.4, -0.2) is 60.7 Å². The molecular weight excluding hydrogens is 206 g/mol. The first-order chi connectivity index (χ1) is 7.57. The molecule has 1 fully saturated rings. The summed E-state index contributed by atoms with van der Waals surface area (Å²) in [6.45, 7) is 7.95. The second kappa shape index (κ2) is 6.55. The summed E-state index contributed by atoms with van der Waals surface area (Å²) in [5.74, 6) is 0. The zero-order chi connectivity index (χ0) is 12.0. The van der Waals surface area contributed by atoms with Crippen LogP contribution in [0, 0.1) is 5.41 Å². The van der Waals surface area contributed by atoms with Crippen molar-refractivity contribution in [2.45, 2.75) is 32.8 Å². The van der Waals surface area contributed by atoms with E-state index in [-0.39, 0.29) is 18.6 Å². The molecule has 1 heterocycles. The molecule has 0 aromatic heterocycles. The first kappa shape index (κ1) is 13.9. The van der Waals surface area contributed by atoms with Gasteiger partial charge in [0.2, 0.25) is 0 Å². The summed E-state index contributed by atoms with van der Waals surface area (Å²) in [7, 11) is 0. The summed E-state index contributed by atoms with van der Waals surface area (Å²) in [5.41, 5.74) is -0.0151. The van der Waals surface area contributed by atoms with Crippen LogP contribution in [0.1, 0.15) is 26.7 Å². The molecular formula is C12H25NO3. The number of aliphatic hydroxyl groups is 2. The molecule has 0 unspecified atom stereocenters. The molecule has 1 aliphatic heterocycles. The van der Waals surface area contributed by atoms with Gasteiger partial charge >= 0.3 is 0 Å². The lowest BCUT2D eigenvalue weighted by Gasteiger charge is -2.36. The Kier molecular flexibility index (Phi) is 5.69. The molecule has 96 valence electrons. The maximum absolute atomic E-state index is 9.21. The van der Waals surface area contributed by atoms with E-state index in [2.05, 4.69) is 18.7 Å². The van der Waals surface area contributed by atoms with Crippen LogP contribution in [0.5, 0.6) is 0 Å². The van der Waals surface area contributed by atoms with Gasteiger partial charge in [0, 0.05) is 31.7 Å². The van der Waals surface area contributed by atoms with Crippen LogP contribution in [0.2, 0.25) is 0 Å². The fourth-order valence-electron chi connectivity index (χ4n) is 2.11. The van der Waals surface area contributed by atoms with Crippen LogP contribution in [0.3, 0.4) is 0 Å². The van der Waals surface area contributed by atoms with Crippen molar-refractivity contribution in [3.63, 3.8) is 0 Å². The number of likely N-dealkylation sites (tertiary alicyclic amines) is 1. The average molecular weight is 231 g/mol. The molecule has 0 bridgehead atoms. The fraction of sp³-hybridized carbons (Fsp3) is 1.00. The predicted molar refractivity (Wildman–Crippen MR) is 63.4 cm³/mol. The van der Waals surface area contributed by atoms with Crippen molar-refractivity contribution in [1.29, 1.82) is 0 Å². The molecule has 2 N–H and O–H groups in total. The highest BCUT2D eigenvalue weighted by molar-refractivity contribution is 4.78. The maximum atomic E-state index is 9.21. The van der Waals surface area contributed by atoms with E-state index < -0.39 is 0 Å². The Morgan fingerprint density at radius 1 is 1.25 bits per heavy atom. The van der Waals surface area contributed by atoms with E-state index in [1.807, 2.05) is 0 Å². The Hall–Kier alpha value is -0.160. The number of piperidine rings is 1. The molecule has 0 saturated carbocycles. The van der Waals surface area contributed by atoms with Gasteiger partial charge in [-0.05, 0) is 12.8 Å². The van der Waals surface area contributed by atoms with Gasteiger partial charge in [0.1, 0.15) is 0 Å². The third kappa shape index (κ3) is 4.78. The van der Waals surface area contributed by atoms with Gasteiger partial charge in [-0.15, -0.1) is 0 Å². The number of hydrogen-bond acceptors (Lipinski definition) is 4. The Morgan fingerprint density at radius 3 is 2.38 bits per heavy atom. The van der Waals surface area contributed by atoms with Gasteiger partial charge in [-0.3, -0.25) is 0 Å². The Bertz CT molecular complexity index is 189. The van der Waals surface area contributed by atoms with E-state index >= 15 is 0 Å². The van der Waals surface area contributed by atoms with Crippen LogP contribution in [0.4, 0.5) is 0 Å². The summed E-state index contributed by atoms with van der Waals surface area (Å²) in [6.07, 6.45) is 2.36. The molecule has 0 aromatic rings. The lowest BCUT2D eigenvalue weighted by molar-refractivity contribution is -0.0162. The summed E-state index contributed by atoms with van der Waals surface area (Å²) < 4.78 is 5.51. The molecule has 1 rings (SSSR count). The van der Waals surface area contributed by atoms with Crippen LogP contribution in [-0.2, 0) is 4.74 Å². The third-order valence-electron chi connectivity index (χ3n) is 3.06. The smallest absolute Gasteiger partial charge is 0.0701 e. The van der Waals surface area contributed by atoms with Gasteiger partial charge in [-0.25, -0.2) is 0 Å². The second-order valence-corrected chi connectivity index (χ2v) is 5.39. The number of ether oxygens (including phenoxy) is 1. The van der Waals surface area contributed by atoms with Crippen LogP contribution in [0.25, 0.3) is 0 Å². The molecule has 0 amide bonds. The molecule has 1 aliphatic rings. The molecule has 0 aromatic carbocycles. The number of hydrogen-bond donors (Lipinski definition) is 2. The first-order valence-electron chi connectivity index (χ1n) is 6.13. The molecule has 16 heavy (non-hydrogen) atoms. The predicted octanol–water partition coefficient (Wildman–Crippen LogP) is 0.478. The minimum atomic E-state index is -0.0151. The first-order valence-corrected chi connectivity index (χ1v) is 6.13. The highest BCUT2D eigenvalue weighted by Crippen LogP contribution is 2.20. The van der Waals surface area contributed by atoms with Crippen molar-refractivity contribution in [2.24, 2.45) is 5.41 Å².